The van der Waals surface area contributed by atoms with Crippen LogP contribution in [0.3, 0.4) is 0 Å². The molecule has 2 aromatic rings. The molecular formula is C18H20N2O4S. The maximum atomic E-state index is 11.9. The van der Waals surface area contributed by atoms with Crippen LogP contribution in [0.25, 0.3) is 0 Å². The van der Waals surface area contributed by atoms with Gasteiger partial charge in [0.1, 0.15) is 0 Å². The predicted molar refractivity (Wildman–Crippen MR) is 96.1 cm³/mol. The number of rotatable bonds is 6. The minimum Gasteiger partial charge on any atom is -0.478 e. The van der Waals surface area contributed by atoms with E-state index in [1.165, 1.54) is 4.31 Å². The average Bonchev–Trinajstić information content (AvgIpc) is 2.95. The zero-order valence-electron chi connectivity index (χ0n) is 13.7. The van der Waals surface area contributed by atoms with Crippen molar-refractivity contribution in [1.82, 2.24) is 5.32 Å². The van der Waals surface area contributed by atoms with E-state index in [-0.39, 0.29) is 11.3 Å². The third-order valence-corrected chi connectivity index (χ3v) is 6.05. The van der Waals surface area contributed by atoms with Gasteiger partial charge in [-0.3, -0.25) is 4.31 Å². The van der Waals surface area contributed by atoms with Gasteiger partial charge in [0.05, 0.1) is 17.0 Å². The Hall–Kier alpha value is -2.38. The summed E-state index contributed by atoms with van der Waals surface area (Å²) in [7, 11) is -3.14. The number of nitrogens with zero attached hydrogens (tertiary/aromatic N) is 1. The molecule has 2 N–H and O–H groups in total. The molecular weight excluding hydrogens is 340 g/mol. The summed E-state index contributed by atoms with van der Waals surface area (Å²) in [6, 6.07) is 14.3. The molecule has 0 bridgehead atoms. The number of hydrogen-bond donors (Lipinski definition) is 2. The second-order valence-electron chi connectivity index (χ2n) is 6.01. The van der Waals surface area contributed by atoms with Crippen molar-refractivity contribution >= 4 is 21.7 Å². The van der Waals surface area contributed by atoms with Crippen molar-refractivity contribution in [3.8, 4) is 0 Å². The third-order valence-electron chi connectivity index (χ3n) is 4.18. The van der Waals surface area contributed by atoms with Gasteiger partial charge in [0.25, 0.3) is 0 Å². The summed E-state index contributed by atoms with van der Waals surface area (Å²) in [4.78, 5) is 10.8. The van der Waals surface area contributed by atoms with Crippen LogP contribution in [-0.2, 0) is 23.1 Å². The van der Waals surface area contributed by atoms with Gasteiger partial charge < -0.3 is 10.4 Å². The lowest BCUT2D eigenvalue weighted by Gasteiger charge is -2.17. The molecule has 1 fully saturated rings. The first-order chi connectivity index (χ1) is 12.0. The predicted octanol–water partition coefficient (Wildman–Crippen LogP) is 2.21. The van der Waals surface area contributed by atoms with Crippen LogP contribution in [0.2, 0.25) is 0 Å². The fourth-order valence-corrected chi connectivity index (χ4v) is 4.39. The van der Waals surface area contributed by atoms with Gasteiger partial charge in [-0.05, 0) is 41.8 Å². The highest BCUT2D eigenvalue weighted by molar-refractivity contribution is 7.93. The molecule has 0 radical (unpaired) electrons. The molecule has 1 aliphatic heterocycles. The lowest BCUT2D eigenvalue weighted by atomic mass is 10.1. The Labute approximate surface area is 147 Å². The second-order valence-corrected chi connectivity index (χ2v) is 8.03. The molecule has 3 rings (SSSR count). The van der Waals surface area contributed by atoms with E-state index in [1.54, 1.807) is 24.3 Å². The first-order valence-corrected chi connectivity index (χ1v) is 9.69. The Morgan fingerprint density at radius 2 is 1.56 bits per heavy atom. The van der Waals surface area contributed by atoms with Crippen molar-refractivity contribution < 1.29 is 18.3 Å². The van der Waals surface area contributed by atoms with Crippen molar-refractivity contribution in [2.45, 2.75) is 19.5 Å². The van der Waals surface area contributed by atoms with Crippen LogP contribution in [-0.4, -0.2) is 31.8 Å². The molecule has 6 nitrogen and oxygen atoms in total. The van der Waals surface area contributed by atoms with E-state index in [0.717, 1.165) is 11.1 Å². The first-order valence-electron chi connectivity index (χ1n) is 8.08. The number of carbonyl (C=O) groups is 1. The summed E-state index contributed by atoms with van der Waals surface area (Å²) in [6.07, 6.45) is 0.673. The fraction of sp³-hybridized carbons (Fsp3) is 0.278. The van der Waals surface area contributed by atoms with E-state index in [1.807, 2.05) is 24.3 Å². The van der Waals surface area contributed by atoms with Gasteiger partial charge in [0, 0.05) is 19.6 Å². The fourth-order valence-electron chi connectivity index (χ4n) is 2.83. The van der Waals surface area contributed by atoms with Crippen LogP contribution in [0.5, 0.6) is 0 Å². The number of nitrogens with one attached hydrogen (secondary N) is 1. The van der Waals surface area contributed by atoms with Crippen molar-refractivity contribution in [2.24, 2.45) is 0 Å². The van der Waals surface area contributed by atoms with Crippen molar-refractivity contribution in [1.29, 1.82) is 0 Å². The molecule has 25 heavy (non-hydrogen) atoms. The zero-order valence-corrected chi connectivity index (χ0v) is 14.5. The second kappa shape index (κ2) is 7.25. The molecule has 0 atom stereocenters. The van der Waals surface area contributed by atoms with Crippen molar-refractivity contribution in [3.63, 3.8) is 0 Å². The minimum atomic E-state index is -3.14. The van der Waals surface area contributed by atoms with Crippen molar-refractivity contribution in [2.75, 3.05) is 16.6 Å². The number of aromatic carboxylic acids is 1. The van der Waals surface area contributed by atoms with Crippen LogP contribution in [0, 0.1) is 0 Å². The monoisotopic (exact) mass is 360 g/mol. The number of hydrogen-bond acceptors (Lipinski definition) is 4. The number of sulfonamides is 1. The maximum absolute atomic E-state index is 11.9. The third kappa shape index (κ3) is 4.18. The van der Waals surface area contributed by atoms with Gasteiger partial charge in [-0.2, -0.15) is 0 Å². The Morgan fingerprint density at radius 3 is 2.04 bits per heavy atom. The van der Waals surface area contributed by atoms with E-state index in [4.69, 9.17) is 5.11 Å². The van der Waals surface area contributed by atoms with Crippen LogP contribution in [0.15, 0.2) is 48.5 Å². The van der Waals surface area contributed by atoms with Gasteiger partial charge in [-0.15, -0.1) is 0 Å². The summed E-state index contributed by atoms with van der Waals surface area (Å²) in [5, 5.41) is 12.2. The van der Waals surface area contributed by atoms with Gasteiger partial charge in [0.15, 0.2) is 0 Å². The highest BCUT2D eigenvalue weighted by Gasteiger charge is 2.28. The van der Waals surface area contributed by atoms with Gasteiger partial charge in [-0.25, -0.2) is 13.2 Å². The molecule has 0 amide bonds. The summed E-state index contributed by atoms with van der Waals surface area (Å²) >= 11 is 0. The quantitative estimate of drug-likeness (QED) is 0.825. The number of carboxylic acids is 1. The summed E-state index contributed by atoms with van der Waals surface area (Å²) < 4.78 is 25.3. The number of anilines is 1. The number of carboxylic acid groups (broad SMARTS) is 1. The Bertz CT molecular complexity index is 846. The molecule has 7 heteroatoms. The van der Waals surface area contributed by atoms with E-state index in [2.05, 4.69) is 5.32 Å². The molecule has 0 saturated carbocycles. The van der Waals surface area contributed by atoms with Crippen LogP contribution < -0.4 is 9.62 Å². The SMILES string of the molecule is O=C(O)c1ccc(CNCc2ccc(N3CCCS3(=O)=O)cc2)cc1. The van der Waals surface area contributed by atoms with E-state index >= 15 is 0 Å². The summed E-state index contributed by atoms with van der Waals surface area (Å²) in [6.45, 7) is 1.82. The molecule has 1 heterocycles. The standard InChI is InChI=1S/C18H20N2O4S/c21-18(22)16-6-2-14(3-7-16)12-19-13-15-4-8-17(9-5-15)20-10-1-11-25(20,23)24/h2-9,19H,1,10-13H2,(H,21,22). The molecule has 0 unspecified atom stereocenters. The lowest BCUT2D eigenvalue weighted by Crippen LogP contribution is -2.25. The Kier molecular flexibility index (Phi) is 5.06. The number of benzene rings is 2. The average molecular weight is 360 g/mol. The van der Waals surface area contributed by atoms with Gasteiger partial charge in [0.2, 0.25) is 10.0 Å². The normalized spacial score (nSPS) is 16.1. The molecule has 1 saturated heterocycles. The zero-order chi connectivity index (χ0) is 17.9. The van der Waals surface area contributed by atoms with E-state index < -0.39 is 16.0 Å². The first kappa shape index (κ1) is 17.4. The lowest BCUT2D eigenvalue weighted by molar-refractivity contribution is 0.0697. The largest absolute Gasteiger partial charge is 0.478 e. The summed E-state index contributed by atoms with van der Waals surface area (Å²) in [5.74, 6) is -0.712. The molecule has 0 spiro atoms. The maximum Gasteiger partial charge on any atom is 0.335 e. The van der Waals surface area contributed by atoms with Gasteiger partial charge in [-0.1, -0.05) is 24.3 Å². The smallest absolute Gasteiger partial charge is 0.335 e. The topological polar surface area (TPSA) is 86.7 Å². The highest BCUT2D eigenvalue weighted by Crippen LogP contribution is 2.24. The van der Waals surface area contributed by atoms with Crippen LogP contribution in [0.4, 0.5) is 5.69 Å². The van der Waals surface area contributed by atoms with Crippen molar-refractivity contribution in [3.05, 3.63) is 65.2 Å². The van der Waals surface area contributed by atoms with Crippen LogP contribution in [0.1, 0.15) is 27.9 Å². The minimum absolute atomic E-state index is 0.219. The molecule has 1 aliphatic rings. The molecule has 0 aromatic heterocycles. The molecule has 0 aliphatic carbocycles. The Balaban J connectivity index is 1.54. The van der Waals surface area contributed by atoms with E-state index in [0.29, 0.717) is 31.7 Å². The van der Waals surface area contributed by atoms with Crippen LogP contribution >= 0.6 is 0 Å². The van der Waals surface area contributed by atoms with Gasteiger partial charge >= 0.3 is 5.97 Å². The highest BCUT2D eigenvalue weighted by atomic mass is 32.2. The molecule has 132 valence electrons. The molecule has 2 aromatic carbocycles. The Morgan fingerprint density at radius 1 is 1.00 bits per heavy atom. The summed E-state index contributed by atoms with van der Waals surface area (Å²) in [5.41, 5.74) is 3.05. The van der Waals surface area contributed by atoms with E-state index in [9.17, 15) is 13.2 Å².